The van der Waals surface area contributed by atoms with Crippen LogP contribution >= 0.6 is 0 Å². The number of carbonyl (C=O) groups is 1. The van der Waals surface area contributed by atoms with E-state index < -0.39 is 17.2 Å². The largest absolute Gasteiger partial charge is 0.487 e. The van der Waals surface area contributed by atoms with Crippen LogP contribution in [-0.2, 0) is 4.74 Å². The number of amides is 1. The number of nitrogens with two attached hydrogens (primary N) is 1. The lowest BCUT2D eigenvalue weighted by atomic mass is 9.92. The number of aromatic nitrogens is 2. The number of halogens is 2. The highest BCUT2D eigenvalue weighted by Crippen LogP contribution is 2.31. The molecule has 3 heterocycles. The highest BCUT2D eigenvalue weighted by molar-refractivity contribution is 5.68. The standard InChI is InChI=1S/C26H35F2N5O3/c1-16(17-7-9-32(10-8-17)25(34)36-26(2,3)4)35-19-12-30-24(31-13-19)33-14-21(23(29)15-33)20-11-18(27)5-6-22(20)28/h5-6,11-13,16-17,21,23H,7-10,14-15,29H2,1-4H3/t16-,21+,23-/m0/s1. The second-order valence-corrected chi connectivity index (χ2v) is 10.7. The third-order valence-corrected chi connectivity index (χ3v) is 6.80. The molecule has 8 nitrogen and oxygen atoms in total. The molecule has 0 aliphatic carbocycles. The molecule has 0 radical (unpaired) electrons. The minimum absolute atomic E-state index is 0.0687. The number of rotatable bonds is 5. The van der Waals surface area contributed by atoms with Crippen molar-refractivity contribution in [3.63, 3.8) is 0 Å². The minimum Gasteiger partial charge on any atom is -0.487 e. The molecule has 2 aliphatic heterocycles. The van der Waals surface area contributed by atoms with Gasteiger partial charge in [-0.2, -0.15) is 0 Å². The summed E-state index contributed by atoms with van der Waals surface area (Å²) in [7, 11) is 0. The number of ether oxygens (including phenoxy) is 2. The Balaban J connectivity index is 1.30. The molecule has 1 amide bonds. The Labute approximate surface area is 210 Å². The topological polar surface area (TPSA) is 93.8 Å². The summed E-state index contributed by atoms with van der Waals surface area (Å²) in [6.07, 6.45) is 4.54. The van der Waals surface area contributed by atoms with Crippen molar-refractivity contribution in [2.24, 2.45) is 11.7 Å². The fourth-order valence-electron chi connectivity index (χ4n) is 4.84. The summed E-state index contributed by atoms with van der Waals surface area (Å²) in [5.41, 5.74) is 6.02. The molecule has 10 heteroatoms. The molecule has 3 atom stereocenters. The van der Waals surface area contributed by atoms with E-state index >= 15 is 0 Å². The van der Waals surface area contributed by atoms with E-state index in [1.807, 2.05) is 32.6 Å². The summed E-state index contributed by atoms with van der Waals surface area (Å²) in [6, 6.07) is 3.07. The van der Waals surface area contributed by atoms with Crippen molar-refractivity contribution in [1.82, 2.24) is 14.9 Å². The lowest BCUT2D eigenvalue weighted by molar-refractivity contribution is 0.0121. The number of hydrogen-bond acceptors (Lipinski definition) is 7. The number of hydrogen-bond donors (Lipinski definition) is 1. The van der Waals surface area contributed by atoms with Gasteiger partial charge in [-0.3, -0.25) is 0 Å². The van der Waals surface area contributed by atoms with Gasteiger partial charge in [-0.15, -0.1) is 0 Å². The Kier molecular flexibility index (Phi) is 7.63. The van der Waals surface area contributed by atoms with Crippen LogP contribution in [0.1, 0.15) is 52.0 Å². The zero-order chi connectivity index (χ0) is 26.0. The van der Waals surface area contributed by atoms with Crippen molar-refractivity contribution in [2.45, 2.75) is 64.2 Å². The van der Waals surface area contributed by atoms with Crippen LogP contribution in [0.15, 0.2) is 30.6 Å². The van der Waals surface area contributed by atoms with E-state index in [1.54, 1.807) is 17.3 Å². The highest BCUT2D eigenvalue weighted by Gasteiger charge is 2.35. The van der Waals surface area contributed by atoms with E-state index in [9.17, 15) is 13.6 Å². The van der Waals surface area contributed by atoms with Crippen LogP contribution in [0, 0.1) is 17.6 Å². The van der Waals surface area contributed by atoms with Gasteiger partial charge in [-0.05, 0) is 70.2 Å². The molecular formula is C26H35F2N5O3. The van der Waals surface area contributed by atoms with Gasteiger partial charge in [0.1, 0.15) is 17.2 Å². The van der Waals surface area contributed by atoms with Gasteiger partial charge >= 0.3 is 6.09 Å². The molecule has 0 spiro atoms. The molecule has 2 saturated heterocycles. The lowest BCUT2D eigenvalue weighted by Gasteiger charge is -2.35. The van der Waals surface area contributed by atoms with Gasteiger partial charge < -0.3 is 25.0 Å². The van der Waals surface area contributed by atoms with E-state index in [0.717, 1.165) is 25.0 Å². The van der Waals surface area contributed by atoms with Crippen molar-refractivity contribution in [1.29, 1.82) is 0 Å². The number of likely N-dealkylation sites (tertiary alicyclic amines) is 1. The average molecular weight is 504 g/mol. The smallest absolute Gasteiger partial charge is 0.410 e. The first kappa shape index (κ1) is 26.1. The van der Waals surface area contributed by atoms with Gasteiger partial charge in [0.2, 0.25) is 5.95 Å². The molecule has 2 fully saturated rings. The maximum atomic E-state index is 14.3. The third-order valence-electron chi connectivity index (χ3n) is 6.80. The zero-order valence-electron chi connectivity index (χ0n) is 21.3. The molecule has 2 N–H and O–H groups in total. The second kappa shape index (κ2) is 10.5. The Bertz CT molecular complexity index is 1050. The SMILES string of the molecule is C[C@H](Oc1cnc(N2C[C@H](c3cc(F)ccc3F)[C@@H](N)C2)nc1)C1CCN(C(=O)OC(C)(C)C)CC1. The molecule has 2 aromatic rings. The summed E-state index contributed by atoms with van der Waals surface area (Å²) in [4.78, 5) is 24.8. The summed E-state index contributed by atoms with van der Waals surface area (Å²) < 4.78 is 39.5. The van der Waals surface area contributed by atoms with Crippen molar-refractivity contribution in [3.05, 3.63) is 47.8 Å². The number of anilines is 1. The number of nitrogens with zero attached hydrogens (tertiary/aromatic N) is 4. The summed E-state index contributed by atoms with van der Waals surface area (Å²) >= 11 is 0. The van der Waals surface area contributed by atoms with Gasteiger partial charge in [0.25, 0.3) is 0 Å². The van der Waals surface area contributed by atoms with Crippen LogP contribution in [0.2, 0.25) is 0 Å². The lowest BCUT2D eigenvalue weighted by Crippen LogP contribution is -2.44. The Morgan fingerprint density at radius 3 is 2.44 bits per heavy atom. The summed E-state index contributed by atoms with van der Waals surface area (Å²) in [5.74, 6) is 0.00912. The van der Waals surface area contributed by atoms with Gasteiger partial charge in [0.15, 0.2) is 5.75 Å². The van der Waals surface area contributed by atoms with Crippen molar-refractivity contribution < 1.29 is 23.0 Å². The van der Waals surface area contributed by atoms with E-state index in [-0.39, 0.29) is 29.7 Å². The number of piperidine rings is 1. The molecule has 196 valence electrons. The zero-order valence-corrected chi connectivity index (χ0v) is 21.3. The maximum Gasteiger partial charge on any atom is 0.410 e. The van der Waals surface area contributed by atoms with Gasteiger partial charge in [-0.1, -0.05) is 0 Å². The monoisotopic (exact) mass is 503 g/mol. The molecular weight excluding hydrogens is 468 g/mol. The van der Waals surface area contributed by atoms with E-state index in [4.69, 9.17) is 15.2 Å². The molecule has 0 saturated carbocycles. The van der Waals surface area contributed by atoms with Crippen LogP contribution in [0.25, 0.3) is 0 Å². The normalized spacial score (nSPS) is 22.0. The first-order valence-electron chi connectivity index (χ1n) is 12.4. The quantitative estimate of drug-likeness (QED) is 0.657. The molecule has 1 aromatic carbocycles. The molecule has 2 aliphatic rings. The number of benzene rings is 1. The molecule has 1 aromatic heterocycles. The Morgan fingerprint density at radius 2 is 1.81 bits per heavy atom. The fraction of sp³-hybridized carbons (Fsp3) is 0.577. The second-order valence-electron chi connectivity index (χ2n) is 10.7. The van der Waals surface area contributed by atoms with Crippen molar-refractivity contribution in [3.8, 4) is 5.75 Å². The Hall–Kier alpha value is -3.01. The van der Waals surface area contributed by atoms with Crippen molar-refractivity contribution >= 4 is 12.0 Å². The molecule has 0 unspecified atom stereocenters. The van der Waals surface area contributed by atoms with Gasteiger partial charge in [0, 0.05) is 38.1 Å². The van der Waals surface area contributed by atoms with E-state index in [1.165, 1.54) is 6.07 Å². The molecule has 36 heavy (non-hydrogen) atoms. The first-order valence-corrected chi connectivity index (χ1v) is 12.4. The van der Waals surface area contributed by atoms with E-state index in [2.05, 4.69) is 9.97 Å². The average Bonchev–Trinajstić information content (AvgIpc) is 3.21. The van der Waals surface area contributed by atoms with Gasteiger partial charge in [0.05, 0.1) is 18.5 Å². The third kappa shape index (κ3) is 6.21. The molecule has 4 rings (SSSR count). The van der Waals surface area contributed by atoms with E-state index in [0.29, 0.717) is 43.8 Å². The van der Waals surface area contributed by atoms with Crippen LogP contribution in [0.3, 0.4) is 0 Å². The number of carbonyl (C=O) groups excluding carboxylic acids is 1. The van der Waals surface area contributed by atoms with Gasteiger partial charge in [-0.25, -0.2) is 23.5 Å². The van der Waals surface area contributed by atoms with Crippen LogP contribution in [0.4, 0.5) is 19.5 Å². The highest BCUT2D eigenvalue weighted by atomic mass is 19.1. The summed E-state index contributed by atoms with van der Waals surface area (Å²) in [6.45, 7) is 9.70. The predicted molar refractivity (Wildman–Crippen MR) is 132 cm³/mol. The van der Waals surface area contributed by atoms with Crippen LogP contribution < -0.4 is 15.4 Å². The Morgan fingerprint density at radius 1 is 1.14 bits per heavy atom. The van der Waals surface area contributed by atoms with Crippen LogP contribution in [0.5, 0.6) is 5.75 Å². The minimum atomic E-state index is -0.507. The predicted octanol–water partition coefficient (Wildman–Crippen LogP) is 4.10. The first-order chi connectivity index (χ1) is 17.0. The maximum absolute atomic E-state index is 14.3. The molecule has 0 bridgehead atoms. The van der Waals surface area contributed by atoms with Crippen LogP contribution in [-0.4, -0.2) is 64.9 Å². The van der Waals surface area contributed by atoms with Crippen molar-refractivity contribution in [2.75, 3.05) is 31.1 Å². The summed E-state index contributed by atoms with van der Waals surface area (Å²) in [5, 5.41) is 0. The fourth-order valence-corrected chi connectivity index (χ4v) is 4.84.